The number of hydrogen-bond donors (Lipinski definition) is 6. The Bertz CT molecular complexity index is 2570. The predicted molar refractivity (Wildman–Crippen MR) is 213 cm³/mol. The Kier molecular flexibility index (Phi) is 12.9. The number of thiazole rings is 2. The molecule has 0 radical (unpaired) electrons. The minimum Gasteiger partial charge on any atom is -0.409 e. The number of oxime groups is 1. The van der Waals surface area contributed by atoms with Gasteiger partial charge in [0, 0.05) is 5.56 Å². The van der Waals surface area contributed by atoms with Crippen molar-refractivity contribution in [2.45, 2.75) is 38.5 Å². The number of halogens is 4. The van der Waals surface area contributed by atoms with Gasteiger partial charge in [-0.3, -0.25) is 20.2 Å². The maximum Gasteiger partial charge on any atom is 0.263 e. The van der Waals surface area contributed by atoms with Gasteiger partial charge in [0.05, 0.1) is 27.7 Å². The number of hydrogen-bond acceptors (Lipinski definition) is 10. The highest BCUT2D eigenvalue weighted by Crippen LogP contribution is 2.41. The third-order valence-corrected chi connectivity index (χ3v) is 11.2. The molecule has 0 aliphatic heterocycles. The van der Waals surface area contributed by atoms with Crippen molar-refractivity contribution in [1.82, 2.24) is 9.97 Å². The Morgan fingerprint density at radius 3 is 1.60 bits per heavy atom. The number of anilines is 2. The van der Waals surface area contributed by atoms with Gasteiger partial charge in [-0.1, -0.05) is 70.3 Å². The largest absolute Gasteiger partial charge is 0.409 e. The van der Waals surface area contributed by atoms with Crippen molar-refractivity contribution in [3.8, 4) is 20.9 Å². The second-order valence-corrected chi connectivity index (χ2v) is 14.7. The molecule has 0 bridgehead atoms. The smallest absolute Gasteiger partial charge is 0.263 e. The van der Waals surface area contributed by atoms with Gasteiger partial charge in [0.25, 0.3) is 11.8 Å². The molecule has 0 fully saturated rings. The molecule has 2 aromatic heterocycles. The molecule has 0 saturated carbocycles. The molecule has 12 nitrogen and oxygen atoms in total. The van der Waals surface area contributed by atoms with Gasteiger partial charge in [-0.2, -0.15) is 0 Å². The number of aryl methyl sites for hydroxylation is 4. The predicted octanol–water partition coefficient (Wildman–Crippen LogP) is 8.64. The first-order chi connectivity index (χ1) is 28.0. The maximum absolute atomic E-state index is 13.9. The van der Waals surface area contributed by atoms with Crippen LogP contribution in [0.2, 0.25) is 0 Å². The maximum atomic E-state index is 13.9. The van der Waals surface area contributed by atoms with E-state index in [9.17, 15) is 27.2 Å². The molecular weight excluding hydrogens is 797 g/mol. The lowest BCUT2D eigenvalue weighted by Crippen LogP contribution is -2.15. The molecule has 2 aliphatic rings. The summed E-state index contributed by atoms with van der Waals surface area (Å²) >= 11 is 2.52. The number of nitrogens with zero attached hydrogens (tertiary/aromatic N) is 4. The number of fused-ring (bicyclic) bond motifs is 6. The fourth-order valence-corrected chi connectivity index (χ4v) is 8.66. The molecule has 8 rings (SSSR count). The molecule has 2 heterocycles. The van der Waals surface area contributed by atoms with Crippen molar-refractivity contribution in [2.24, 2.45) is 16.8 Å². The van der Waals surface area contributed by atoms with Gasteiger partial charge in [0.15, 0.2) is 21.8 Å². The summed E-state index contributed by atoms with van der Waals surface area (Å²) in [4.78, 5) is 38.9. The third kappa shape index (κ3) is 8.72. The second kappa shape index (κ2) is 18.2. The normalized spacial score (nSPS) is 12.6. The van der Waals surface area contributed by atoms with E-state index in [-0.39, 0.29) is 11.0 Å². The van der Waals surface area contributed by atoms with Crippen molar-refractivity contribution in [2.75, 3.05) is 10.6 Å². The van der Waals surface area contributed by atoms with E-state index in [1.165, 1.54) is 34.8 Å². The third-order valence-electron chi connectivity index (χ3n) is 9.15. The van der Waals surface area contributed by atoms with E-state index >= 15 is 0 Å². The number of aromatic nitrogens is 2. The number of nitrogens with one attached hydrogen (secondary N) is 2. The van der Waals surface area contributed by atoms with E-state index in [2.05, 4.69) is 36.5 Å². The molecule has 18 heteroatoms. The van der Waals surface area contributed by atoms with Crippen molar-refractivity contribution in [3.05, 3.63) is 147 Å². The Balaban J connectivity index is 0.000000188. The fourth-order valence-electron chi connectivity index (χ4n) is 6.53. The Morgan fingerprint density at radius 1 is 0.707 bits per heavy atom. The number of rotatable bonds is 5. The zero-order valence-corrected chi connectivity index (χ0v) is 31.8. The molecule has 296 valence electrons. The van der Waals surface area contributed by atoms with Gasteiger partial charge >= 0.3 is 0 Å². The van der Waals surface area contributed by atoms with Crippen LogP contribution in [0.1, 0.15) is 61.6 Å². The van der Waals surface area contributed by atoms with E-state index in [4.69, 9.17) is 22.7 Å². The molecule has 0 spiro atoms. The summed E-state index contributed by atoms with van der Waals surface area (Å²) in [7, 11) is 0. The number of benzene rings is 4. The summed E-state index contributed by atoms with van der Waals surface area (Å²) < 4.78 is 55.3. The molecular formula is C40H32F4N8O4S2. The fraction of sp³-hybridized carbons (Fsp3) is 0.150. The van der Waals surface area contributed by atoms with Crippen LogP contribution in [0, 0.1) is 29.8 Å². The number of carbonyl (C=O) groups is 2. The van der Waals surface area contributed by atoms with Crippen LogP contribution in [0.15, 0.2) is 78.0 Å². The summed E-state index contributed by atoms with van der Waals surface area (Å²) in [6.45, 7) is 7.16. The van der Waals surface area contributed by atoms with Crippen molar-refractivity contribution >= 4 is 56.3 Å². The van der Waals surface area contributed by atoms with E-state index in [1.54, 1.807) is 12.1 Å². The Morgan fingerprint density at radius 2 is 1.16 bits per heavy atom. The highest BCUT2D eigenvalue weighted by atomic mass is 32.1. The zero-order valence-electron chi connectivity index (χ0n) is 30.2. The van der Waals surface area contributed by atoms with Gasteiger partial charge in [-0.05, 0) is 91.1 Å². The van der Waals surface area contributed by atoms with Crippen LogP contribution in [0.5, 0.6) is 0 Å². The van der Waals surface area contributed by atoms with Crippen LogP contribution in [-0.2, 0) is 25.7 Å². The molecule has 6 aromatic rings. The van der Waals surface area contributed by atoms with Gasteiger partial charge < -0.3 is 16.1 Å². The van der Waals surface area contributed by atoms with Crippen LogP contribution >= 0.6 is 22.7 Å². The molecule has 2 aliphatic carbocycles. The van der Waals surface area contributed by atoms with Crippen LogP contribution in [-0.4, -0.2) is 38.0 Å². The minimum absolute atomic E-state index is 0.0291. The Hall–Kier alpha value is -6.52. The number of amides is 2. The second-order valence-electron chi connectivity index (χ2n) is 12.7. The summed E-state index contributed by atoms with van der Waals surface area (Å²) in [6.07, 6.45) is 4.79. The number of carbonyl (C=O) groups excluding carboxylic acids is 2. The molecule has 0 atom stereocenters. The quantitative estimate of drug-likeness (QED) is 0.0248. The highest BCUT2D eigenvalue weighted by molar-refractivity contribution is 7.19. The average Bonchev–Trinajstić information content (AvgIpc) is 3.70. The zero-order chi connectivity index (χ0) is 41.5. The summed E-state index contributed by atoms with van der Waals surface area (Å²) in [5, 5.41) is 24.0. The monoisotopic (exact) mass is 828 g/mol. The van der Waals surface area contributed by atoms with E-state index in [0.29, 0.717) is 22.8 Å². The van der Waals surface area contributed by atoms with Crippen molar-refractivity contribution in [1.29, 1.82) is 0 Å². The lowest BCUT2D eigenvalue weighted by Gasteiger charge is -2.08. The first-order valence-corrected chi connectivity index (χ1v) is 19.1. The van der Waals surface area contributed by atoms with Crippen LogP contribution in [0.4, 0.5) is 33.5 Å². The topological polar surface area (TPSA) is 193 Å². The van der Waals surface area contributed by atoms with Gasteiger partial charge in [-0.25, -0.2) is 38.3 Å². The summed E-state index contributed by atoms with van der Waals surface area (Å²) in [5.41, 5.74) is 11.3. The van der Waals surface area contributed by atoms with Crippen molar-refractivity contribution in [3.63, 3.8) is 0 Å². The molecule has 0 saturated heterocycles. The van der Waals surface area contributed by atoms with Crippen molar-refractivity contribution < 1.29 is 37.6 Å². The van der Waals surface area contributed by atoms with Crippen LogP contribution in [0.3, 0.4) is 0 Å². The van der Waals surface area contributed by atoms with Gasteiger partial charge in [0.2, 0.25) is 0 Å². The first kappa shape index (κ1) is 41.1. The minimum atomic E-state index is -0.929. The number of amidine groups is 1. The van der Waals surface area contributed by atoms with Gasteiger partial charge in [-0.15, -0.1) is 0 Å². The molecule has 0 unspecified atom stereocenters. The number of nitrogens with two attached hydrogens (primary N) is 2. The van der Waals surface area contributed by atoms with E-state index < -0.39 is 46.2 Å². The summed E-state index contributed by atoms with van der Waals surface area (Å²) in [6, 6.07) is 17.6. The molecule has 2 amide bonds. The molecule has 4 aromatic carbocycles. The highest BCUT2D eigenvalue weighted by Gasteiger charge is 2.25. The van der Waals surface area contributed by atoms with Gasteiger partial charge in [0.1, 0.15) is 34.4 Å². The van der Waals surface area contributed by atoms with Crippen LogP contribution in [0.25, 0.3) is 25.7 Å². The molecule has 8 N–H and O–H groups in total. The first-order valence-electron chi connectivity index (χ1n) is 17.4. The SMILES string of the molecule is NC(=NO)c1ccc2c(c1)CCCc1nc(NC(=O)c3c(F)cccc3F)sc1-2.NO.[C-]#[N+]c1ccc2c(c1)CCCc1nc(NC(=O)c3c(F)cccc3F)sc1-2. The van der Waals surface area contributed by atoms with E-state index in [0.717, 1.165) is 99.8 Å². The summed E-state index contributed by atoms with van der Waals surface area (Å²) in [5.74, 6) is -1.90. The molecule has 58 heavy (non-hydrogen) atoms. The van der Waals surface area contributed by atoms with E-state index in [1.807, 2.05) is 24.3 Å². The van der Waals surface area contributed by atoms with Crippen LogP contribution < -0.4 is 22.3 Å². The lowest BCUT2D eigenvalue weighted by atomic mass is 10.0. The standard InChI is InChI=1S/C20H16F2N4O2S.C20H13F2N3OS.H3NO/c21-13-4-2-5-14(22)16(13)19(27)25-20-24-15-6-1-3-10-9-11(18(23)26-28)7-8-12(10)17(15)29-20;1-23-12-8-9-13-11(10-12)4-2-7-16-18(13)27-20(24-16)25-19(26)17-14(21)5-3-6-15(17)22;1-2/h2,4-5,7-9,28H,1,3,6H2,(H2,23,26)(H,24,25,27);3,5-6,8-10H,2,4,7H2,(H,24,25,26);2H,1H2. The average molecular weight is 829 g/mol. The lowest BCUT2D eigenvalue weighted by molar-refractivity contribution is 0.101. The Labute approximate surface area is 336 Å².